The van der Waals surface area contributed by atoms with Crippen LogP contribution in [0.4, 0.5) is 0 Å². The van der Waals surface area contributed by atoms with Crippen LogP contribution in [0, 0.1) is 5.92 Å². The molecule has 0 aliphatic carbocycles. The maximum Gasteiger partial charge on any atom is 0.165 e. The highest BCUT2D eigenvalue weighted by Crippen LogP contribution is 2.31. The van der Waals surface area contributed by atoms with E-state index in [1.807, 2.05) is 36.0 Å². The minimum Gasteiger partial charge on any atom is -0.496 e. The predicted molar refractivity (Wildman–Crippen MR) is 77.9 cm³/mol. The van der Waals surface area contributed by atoms with Gasteiger partial charge >= 0.3 is 0 Å². The third-order valence-corrected chi connectivity index (χ3v) is 3.73. The molecule has 0 amide bonds. The molecule has 1 unspecified atom stereocenters. The molecule has 0 saturated carbocycles. The van der Waals surface area contributed by atoms with Crippen molar-refractivity contribution in [3.05, 3.63) is 30.0 Å². The first kappa shape index (κ1) is 13.7. The van der Waals surface area contributed by atoms with E-state index in [-0.39, 0.29) is 5.78 Å². The van der Waals surface area contributed by atoms with E-state index >= 15 is 0 Å². The number of ether oxygens (including phenoxy) is 1. The van der Waals surface area contributed by atoms with Gasteiger partial charge in [-0.3, -0.25) is 4.79 Å². The van der Waals surface area contributed by atoms with Gasteiger partial charge in [0.1, 0.15) is 5.75 Å². The van der Waals surface area contributed by atoms with E-state index in [0.29, 0.717) is 12.3 Å². The van der Waals surface area contributed by atoms with Crippen molar-refractivity contribution in [2.24, 2.45) is 13.0 Å². The van der Waals surface area contributed by atoms with Crippen LogP contribution in [0.5, 0.6) is 5.75 Å². The van der Waals surface area contributed by atoms with Gasteiger partial charge in [-0.25, -0.2) is 0 Å². The standard InChI is InChI=1S/C16H21NO2/c1-5-11(2)9-14(18)12-10-17(3)13-7-6-8-15(19-4)16(12)13/h6-8,10-11H,5,9H2,1-4H3. The number of benzene rings is 1. The number of fused-ring (bicyclic) bond motifs is 1. The molecule has 3 heteroatoms. The number of Topliss-reactive ketones (excluding diaryl/α,β-unsaturated/α-hetero) is 1. The minimum absolute atomic E-state index is 0.199. The maximum absolute atomic E-state index is 12.4. The number of rotatable bonds is 5. The second-order valence-corrected chi connectivity index (χ2v) is 5.15. The lowest BCUT2D eigenvalue weighted by atomic mass is 9.97. The van der Waals surface area contributed by atoms with Crippen molar-refractivity contribution in [3.8, 4) is 5.75 Å². The van der Waals surface area contributed by atoms with Crippen LogP contribution in [-0.2, 0) is 7.05 Å². The number of aryl methyl sites for hydroxylation is 1. The Bertz CT molecular complexity index is 598. The van der Waals surface area contributed by atoms with Crippen LogP contribution in [0.3, 0.4) is 0 Å². The van der Waals surface area contributed by atoms with Crippen LogP contribution in [0.15, 0.2) is 24.4 Å². The summed E-state index contributed by atoms with van der Waals surface area (Å²) < 4.78 is 7.39. The number of carbonyl (C=O) groups is 1. The molecule has 0 aliphatic heterocycles. The van der Waals surface area contributed by atoms with Crippen molar-refractivity contribution < 1.29 is 9.53 Å². The number of methoxy groups -OCH3 is 1. The molecule has 2 rings (SSSR count). The van der Waals surface area contributed by atoms with E-state index in [4.69, 9.17) is 4.74 Å². The zero-order chi connectivity index (χ0) is 14.0. The summed E-state index contributed by atoms with van der Waals surface area (Å²) in [7, 11) is 3.60. The zero-order valence-electron chi connectivity index (χ0n) is 12.1. The highest BCUT2D eigenvalue weighted by Gasteiger charge is 2.18. The van der Waals surface area contributed by atoms with E-state index < -0.39 is 0 Å². The molecule has 2 aromatic rings. The first-order valence-electron chi connectivity index (χ1n) is 6.73. The second-order valence-electron chi connectivity index (χ2n) is 5.15. The Morgan fingerprint density at radius 2 is 2.16 bits per heavy atom. The van der Waals surface area contributed by atoms with Crippen molar-refractivity contribution in [2.45, 2.75) is 26.7 Å². The molecule has 0 fully saturated rings. The van der Waals surface area contributed by atoms with E-state index in [2.05, 4.69) is 13.8 Å². The molecule has 3 nitrogen and oxygen atoms in total. The second kappa shape index (κ2) is 5.47. The molecule has 1 aromatic heterocycles. The van der Waals surface area contributed by atoms with Crippen molar-refractivity contribution >= 4 is 16.7 Å². The first-order valence-corrected chi connectivity index (χ1v) is 6.73. The summed E-state index contributed by atoms with van der Waals surface area (Å²) in [6.07, 6.45) is 3.53. The SMILES string of the molecule is CCC(C)CC(=O)c1cn(C)c2cccc(OC)c12. The van der Waals surface area contributed by atoms with Crippen molar-refractivity contribution in [1.29, 1.82) is 0 Å². The fourth-order valence-corrected chi connectivity index (χ4v) is 2.36. The lowest BCUT2D eigenvalue weighted by Crippen LogP contribution is -2.05. The van der Waals surface area contributed by atoms with Gasteiger partial charge in [-0.1, -0.05) is 26.3 Å². The summed E-state index contributed by atoms with van der Waals surface area (Å²) in [6, 6.07) is 5.87. The van der Waals surface area contributed by atoms with Gasteiger partial charge in [-0.05, 0) is 18.1 Å². The number of hydrogen-bond donors (Lipinski definition) is 0. The van der Waals surface area contributed by atoms with Crippen molar-refractivity contribution in [3.63, 3.8) is 0 Å². The third kappa shape index (κ3) is 2.50. The number of ketones is 1. The largest absolute Gasteiger partial charge is 0.496 e. The molecule has 102 valence electrons. The van der Waals surface area contributed by atoms with E-state index in [1.54, 1.807) is 7.11 Å². The van der Waals surface area contributed by atoms with Crippen LogP contribution in [0.2, 0.25) is 0 Å². The van der Waals surface area contributed by atoms with Crippen LogP contribution in [-0.4, -0.2) is 17.5 Å². The summed E-state index contributed by atoms with van der Waals surface area (Å²) in [6.45, 7) is 4.22. The van der Waals surface area contributed by atoms with Crippen LogP contribution >= 0.6 is 0 Å². The van der Waals surface area contributed by atoms with Gasteiger partial charge in [0.15, 0.2) is 5.78 Å². The molecular formula is C16H21NO2. The Morgan fingerprint density at radius 3 is 2.79 bits per heavy atom. The normalized spacial score (nSPS) is 12.6. The predicted octanol–water partition coefficient (Wildman–Crippen LogP) is 3.81. The average molecular weight is 259 g/mol. The van der Waals surface area contributed by atoms with Gasteiger partial charge < -0.3 is 9.30 Å². The van der Waals surface area contributed by atoms with E-state index in [0.717, 1.165) is 28.6 Å². The van der Waals surface area contributed by atoms with E-state index in [1.165, 1.54) is 0 Å². The Morgan fingerprint density at radius 1 is 1.42 bits per heavy atom. The number of nitrogens with zero attached hydrogens (tertiary/aromatic N) is 1. The van der Waals surface area contributed by atoms with Gasteiger partial charge in [-0.15, -0.1) is 0 Å². The molecule has 0 aliphatic rings. The molecule has 0 bridgehead atoms. The molecular weight excluding hydrogens is 238 g/mol. The van der Waals surface area contributed by atoms with Crippen molar-refractivity contribution in [2.75, 3.05) is 7.11 Å². The molecule has 19 heavy (non-hydrogen) atoms. The third-order valence-electron chi connectivity index (χ3n) is 3.73. The van der Waals surface area contributed by atoms with E-state index in [9.17, 15) is 4.79 Å². The van der Waals surface area contributed by atoms with Crippen LogP contribution < -0.4 is 4.74 Å². The van der Waals surface area contributed by atoms with Gasteiger partial charge in [0.05, 0.1) is 18.0 Å². The molecule has 1 aromatic carbocycles. The Balaban J connectivity index is 2.51. The Labute approximate surface area is 114 Å². The fourth-order valence-electron chi connectivity index (χ4n) is 2.36. The molecule has 0 N–H and O–H groups in total. The monoisotopic (exact) mass is 259 g/mol. The quantitative estimate of drug-likeness (QED) is 0.765. The fraction of sp³-hybridized carbons (Fsp3) is 0.438. The lowest BCUT2D eigenvalue weighted by molar-refractivity contribution is 0.0965. The van der Waals surface area contributed by atoms with Gasteiger partial charge in [0.2, 0.25) is 0 Å². The number of carbonyl (C=O) groups excluding carboxylic acids is 1. The smallest absolute Gasteiger partial charge is 0.165 e. The molecule has 0 radical (unpaired) electrons. The Kier molecular flexibility index (Phi) is 3.93. The zero-order valence-corrected chi connectivity index (χ0v) is 12.1. The highest BCUT2D eigenvalue weighted by molar-refractivity contribution is 6.10. The highest BCUT2D eigenvalue weighted by atomic mass is 16.5. The van der Waals surface area contributed by atoms with Gasteiger partial charge in [0, 0.05) is 25.2 Å². The summed E-state index contributed by atoms with van der Waals surface area (Å²) in [5.41, 5.74) is 1.81. The summed E-state index contributed by atoms with van der Waals surface area (Å²) >= 11 is 0. The summed E-state index contributed by atoms with van der Waals surface area (Å²) in [5, 5.41) is 0.931. The van der Waals surface area contributed by atoms with Crippen molar-refractivity contribution in [1.82, 2.24) is 4.57 Å². The van der Waals surface area contributed by atoms with Crippen LogP contribution in [0.25, 0.3) is 10.9 Å². The number of hydrogen-bond acceptors (Lipinski definition) is 2. The molecule has 0 spiro atoms. The molecule has 0 saturated heterocycles. The van der Waals surface area contributed by atoms with Gasteiger partial charge in [0.25, 0.3) is 0 Å². The summed E-state index contributed by atoms with van der Waals surface area (Å²) in [4.78, 5) is 12.4. The lowest BCUT2D eigenvalue weighted by Gasteiger charge is -2.07. The number of aromatic nitrogens is 1. The van der Waals surface area contributed by atoms with Gasteiger partial charge in [-0.2, -0.15) is 0 Å². The topological polar surface area (TPSA) is 31.2 Å². The summed E-state index contributed by atoms with van der Waals surface area (Å²) in [5.74, 6) is 1.38. The Hall–Kier alpha value is -1.77. The maximum atomic E-state index is 12.4. The minimum atomic E-state index is 0.199. The molecule has 1 atom stereocenters. The van der Waals surface area contributed by atoms with Crippen LogP contribution in [0.1, 0.15) is 37.0 Å². The molecule has 1 heterocycles. The average Bonchev–Trinajstić information content (AvgIpc) is 2.76. The first-order chi connectivity index (χ1) is 9.08.